The van der Waals surface area contributed by atoms with Crippen LogP contribution in [0.5, 0.6) is 5.75 Å². The number of aromatic hydroxyl groups is 1. The first kappa shape index (κ1) is 18.4. The van der Waals surface area contributed by atoms with E-state index in [2.05, 4.69) is 20.5 Å². The lowest BCUT2D eigenvalue weighted by Gasteiger charge is -2.08. The third-order valence-corrected chi connectivity index (χ3v) is 4.36. The molecule has 2 aromatic heterocycles. The van der Waals surface area contributed by atoms with Crippen LogP contribution in [0.3, 0.4) is 0 Å². The lowest BCUT2D eigenvalue weighted by atomic mass is 10.1. The minimum atomic E-state index is -0.520. The maximum Gasteiger partial charge on any atom is 0.329 e. The van der Waals surface area contributed by atoms with E-state index in [1.165, 1.54) is 4.57 Å². The van der Waals surface area contributed by atoms with E-state index in [1.807, 2.05) is 6.92 Å². The van der Waals surface area contributed by atoms with Crippen molar-refractivity contribution < 1.29 is 5.11 Å². The number of para-hydroxylation sites is 1. The van der Waals surface area contributed by atoms with Gasteiger partial charge in [0.1, 0.15) is 5.75 Å². The van der Waals surface area contributed by atoms with Gasteiger partial charge in [0.2, 0.25) is 5.95 Å². The van der Waals surface area contributed by atoms with E-state index in [-0.39, 0.29) is 11.4 Å². The average Bonchev–Trinajstić information content (AvgIpc) is 3.02. The quantitative estimate of drug-likeness (QED) is 0.451. The molecule has 9 nitrogen and oxygen atoms in total. The molecule has 9 heteroatoms. The highest BCUT2D eigenvalue weighted by Gasteiger charge is 2.17. The van der Waals surface area contributed by atoms with Crippen LogP contribution in [0.4, 0.5) is 5.95 Å². The lowest BCUT2D eigenvalue weighted by Crippen LogP contribution is -2.29. The number of benzene rings is 1. The van der Waals surface area contributed by atoms with Gasteiger partial charge in [-0.1, -0.05) is 25.5 Å². The Hall–Kier alpha value is -3.36. The summed E-state index contributed by atoms with van der Waals surface area (Å²) in [5.41, 5.74) is 3.63. The minimum Gasteiger partial charge on any atom is -0.507 e. The number of rotatable bonds is 6. The summed E-state index contributed by atoms with van der Waals surface area (Å²) in [7, 11) is 1.55. The summed E-state index contributed by atoms with van der Waals surface area (Å²) >= 11 is 0. The second-order valence-corrected chi connectivity index (χ2v) is 6.26. The Morgan fingerprint density at radius 1 is 1.33 bits per heavy atom. The Morgan fingerprint density at radius 3 is 2.78 bits per heavy atom. The number of aromatic amines is 1. The fraction of sp³-hybridized carbons (Fsp3) is 0.333. The second-order valence-electron chi connectivity index (χ2n) is 6.26. The summed E-state index contributed by atoms with van der Waals surface area (Å²) < 4.78 is 3.02. The Labute approximate surface area is 155 Å². The second kappa shape index (κ2) is 7.48. The normalized spacial score (nSPS) is 11.9. The van der Waals surface area contributed by atoms with Crippen molar-refractivity contribution in [1.82, 2.24) is 19.1 Å². The van der Waals surface area contributed by atoms with Crippen molar-refractivity contribution in [2.75, 3.05) is 5.43 Å². The maximum atomic E-state index is 12.3. The molecular formula is C18H22N6O3. The number of nitrogens with zero attached hydrogens (tertiary/aromatic N) is 4. The van der Waals surface area contributed by atoms with E-state index in [4.69, 9.17) is 0 Å². The van der Waals surface area contributed by atoms with E-state index < -0.39 is 11.2 Å². The summed E-state index contributed by atoms with van der Waals surface area (Å²) in [4.78, 5) is 30.9. The predicted octanol–water partition coefficient (Wildman–Crippen LogP) is 1.77. The number of phenols is 1. The SMILES string of the molecule is CCCCn1c(N/N=C(/C)c2ccccc2O)nc2c1c(=O)[nH]c(=O)n2C. The number of imidazole rings is 1. The predicted molar refractivity (Wildman–Crippen MR) is 104 cm³/mol. The van der Waals surface area contributed by atoms with Crippen LogP contribution in [0.15, 0.2) is 39.0 Å². The van der Waals surface area contributed by atoms with Crippen LogP contribution in [-0.4, -0.2) is 29.9 Å². The van der Waals surface area contributed by atoms with Crippen LogP contribution in [0.2, 0.25) is 0 Å². The van der Waals surface area contributed by atoms with Gasteiger partial charge in [-0.25, -0.2) is 10.2 Å². The van der Waals surface area contributed by atoms with Gasteiger partial charge in [0.15, 0.2) is 11.2 Å². The molecule has 0 fully saturated rings. The first-order chi connectivity index (χ1) is 12.9. The Bertz CT molecular complexity index is 1120. The van der Waals surface area contributed by atoms with Crippen molar-refractivity contribution in [3.63, 3.8) is 0 Å². The molecule has 1 aromatic carbocycles. The van der Waals surface area contributed by atoms with Crippen LogP contribution < -0.4 is 16.7 Å². The molecule has 142 valence electrons. The van der Waals surface area contributed by atoms with Crippen molar-refractivity contribution in [1.29, 1.82) is 0 Å². The summed E-state index contributed by atoms with van der Waals surface area (Å²) in [6.07, 6.45) is 1.77. The fourth-order valence-corrected chi connectivity index (χ4v) is 2.83. The molecule has 0 radical (unpaired) electrons. The summed E-state index contributed by atoms with van der Waals surface area (Å²) in [6.45, 7) is 4.36. The average molecular weight is 370 g/mol. The summed E-state index contributed by atoms with van der Waals surface area (Å²) in [6, 6.07) is 6.88. The number of anilines is 1. The van der Waals surface area contributed by atoms with E-state index in [0.29, 0.717) is 29.3 Å². The van der Waals surface area contributed by atoms with Crippen molar-refractivity contribution in [2.45, 2.75) is 33.2 Å². The standard InChI is InChI=1S/C18H22N6O3/c1-4-5-10-24-14-15(23(3)18(27)20-16(14)26)19-17(24)22-21-11(2)12-8-6-7-9-13(12)25/h6-9,25H,4-5,10H2,1-3H3,(H,19,22)(H,20,26,27)/b21-11-. The molecule has 0 bridgehead atoms. The van der Waals surface area contributed by atoms with Gasteiger partial charge in [0.05, 0.1) is 5.71 Å². The van der Waals surface area contributed by atoms with Crippen molar-refractivity contribution in [3.8, 4) is 5.75 Å². The van der Waals surface area contributed by atoms with Gasteiger partial charge in [-0.05, 0) is 25.5 Å². The van der Waals surface area contributed by atoms with E-state index in [9.17, 15) is 14.7 Å². The number of hydrazone groups is 1. The summed E-state index contributed by atoms with van der Waals surface area (Å²) in [5, 5.41) is 14.2. The number of hydrogen-bond acceptors (Lipinski definition) is 6. The first-order valence-electron chi connectivity index (χ1n) is 8.72. The van der Waals surface area contributed by atoms with E-state index in [1.54, 1.807) is 42.8 Å². The van der Waals surface area contributed by atoms with E-state index in [0.717, 1.165) is 12.8 Å². The molecule has 0 aliphatic carbocycles. The molecule has 0 unspecified atom stereocenters. The number of H-pyrrole nitrogens is 1. The molecule has 0 saturated heterocycles. The number of fused-ring (bicyclic) bond motifs is 1. The molecule has 27 heavy (non-hydrogen) atoms. The molecule has 2 heterocycles. The van der Waals surface area contributed by atoms with Gasteiger partial charge >= 0.3 is 5.69 Å². The maximum absolute atomic E-state index is 12.3. The van der Waals surface area contributed by atoms with Crippen molar-refractivity contribution >= 4 is 22.8 Å². The highest BCUT2D eigenvalue weighted by molar-refractivity contribution is 6.01. The molecule has 0 aliphatic heterocycles. The van der Waals surface area contributed by atoms with Gasteiger partial charge in [0, 0.05) is 19.2 Å². The number of aryl methyl sites for hydroxylation is 2. The molecule has 0 saturated carbocycles. The minimum absolute atomic E-state index is 0.124. The Kier molecular flexibility index (Phi) is 5.11. The zero-order chi connectivity index (χ0) is 19.6. The molecule has 3 rings (SSSR count). The third-order valence-electron chi connectivity index (χ3n) is 4.36. The van der Waals surface area contributed by atoms with Gasteiger partial charge in [-0.2, -0.15) is 10.1 Å². The first-order valence-corrected chi connectivity index (χ1v) is 8.72. The molecule has 0 atom stereocenters. The highest BCUT2D eigenvalue weighted by Crippen LogP contribution is 2.19. The Balaban J connectivity index is 2.08. The van der Waals surface area contributed by atoms with Crippen LogP contribution in [0.1, 0.15) is 32.3 Å². The topological polar surface area (TPSA) is 117 Å². The van der Waals surface area contributed by atoms with Gasteiger partial charge < -0.3 is 9.67 Å². The van der Waals surface area contributed by atoms with Gasteiger partial charge in [0.25, 0.3) is 5.56 Å². The molecular weight excluding hydrogens is 348 g/mol. The number of unbranched alkanes of at least 4 members (excludes halogenated alkanes) is 1. The monoisotopic (exact) mass is 370 g/mol. The smallest absolute Gasteiger partial charge is 0.329 e. The summed E-state index contributed by atoms with van der Waals surface area (Å²) in [5.74, 6) is 0.485. The number of phenolic OH excluding ortho intramolecular Hbond substituents is 1. The number of nitrogens with one attached hydrogen (secondary N) is 2. The molecule has 0 aliphatic rings. The van der Waals surface area contributed by atoms with Gasteiger partial charge in [-0.15, -0.1) is 0 Å². The fourth-order valence-electron chi connectivity index (χ4n) is 2.83. The van der Waals surface area contributed by atoms with Crippen LogP contribution in [0.25, 0.3) is 11.2 Å². The molecule has 3 N–H and O–H groups in total. The van der Waals surface area contributed by atoms with Crippen LogP contribution >= 0.6 is 0 Å². The third kappa shape index (κ3) is 3.48. The lowest BCUT2D eigenvalue weighted by molar-refractivity contribution is 0.474. The highest BCUT2D eigenvalue weighted by atomic mass is 16.3. The van der Waals surface area contributed by atoms with Crippen molar-refractivity contribution in [2.24, 2.45) is 12.1 Å². The largest absolute Gasteiger partial charge is 0.507 e. The number of aromatic nitrogens is 4. The van der Waals surface area contributed by atoms with E-state index >= 15 is 0 Å². The molecule has 0 spiro atoms. The Morgan fingerprint density at radius 2 is 2.07 bits per heavy atom. The zero-order valence-corrected chi connectivity index (χ0v) is 15.5. The zero-order valence-electron chi connectivity index (χ0n) is 15.5. The number of hydrogen-bond donors (Lipinski definition) is 3. The van der Waals surface area contributed by atoms with Crippen LogP contribution in [0, 0.1) is 0 Å². The van der Waals surface area contributed by atoms with Crippen molar-refractivity contribution in [3.05, 3.63) is 50.7 Å². The molecule has 0 amide bonds. The molecule has 3 aromatic rings. The van der Waals surface area contributed by atoms with Crippen LogP contribution in [-0.2, 0) is 13.6 Å². The van der Waals surface area contributed by atoms with Gasteiger partial charge in [-0.3, -0.25) is 14.3 Å².